The van der Waals surface area contributed by atoms with Crippen LogP contribution >= 0.6 is 0 Å². The van der Waals surface area contributed by atoms with Gasteiger partial charge in [0.1, 0.15) is 5.82 Å². The average Bonchev–Trinajstić information content (AvgIpc) is 2.84. The smallest absolute Gasteiger partial charge is 0.251 e. The quantitative estimate of drug-likeness (QED) is 0.552. The Hall–Kier alpha value is -3.29. The number of piperidine rings is 1. The Morgan fingerprint density at radius 3 is 2.57 bits per heavy atom. The Labute approximate surface area is 204 Å². The third-order valence-corrected chi connectivity index (χ3v) is 7.59. The molecular formula is C28H29FN4O2. The van der Waals surface area contributed by atoms with E-state index in [9.17, 15) is 9.18 Å². The van der Waals surface area contributed by atoms with Crippen molar-refractivity contribution in [3.8, 4) is 22.3 Å². The minimum Gasteiger partial charge on any atom is -0.383 e. The van der Waals surface area contributed by atoms with Crippen LogP contribution in [0, 0.1) is 5.95 Å². The molecule has 7 heteroatoms. The zero-order valence-electron chi connectivity index (χ0n) is 19.6. The predicted octanol–water partition coefficient (Wildman–Crippen LogP) is 4.35. The van der Waals surface area contributed by atoms with Crippen LogP contribution in [0.25, 0.3) is 22.3 Å². The molecule has 3 aliphatic rings. The molecule has 180 valence electrons. The van der Waals surface area contributed by atoms with Crippen molar-refractivity contribution in [3.05, 3.63) is 71.2 Å². The fourth-order valence-electron chi connectivity index (χ4n) is 5.58. The predicted molar refractivity (Wildman–Crippen MR) is 133 cm³/mol. The van der Waals surface area contributed by atoms with Gasteiger partial charge in [-0.05, 0) is 60.2 Å². The molecule has 0 spiro atoms. The lowest BCUT2D eigenvalue weighted by atomic mass is 9.91. The molecule has 1 amide bonds. The number of hydrogen-bond donors (Lipinski definition) is 2. The van der Waals surface area contributed by atoms with E-state index in [4.69, 9.17) is 10.5 Å². The fourth-order valence-corrected chi connectivity index (χ4v) is 5.58. The van der Waals surface area contributed by atoms with Gasteiger partial charge < -0.3 is 15.8 Å². The minimum atomic E-state index is -0.581. The lowest BCUT2D eigenvalue weighted by Crippen LogP contribution is -2.52. The molecule has 1 aromatic heterocycles. The summed E-state index contributed by atoms with van der Waals surface area (Å²) in [6, 6.07) is 16.5. The van der Waals surface area contributed by atoms with Crippen molar-refractivity contribution in [1.82, 2.24) is 15.2 Å². The summed E-state index contributed by atoms with van der Waals surface area (Å²) in [5.74, 6) is -0.504. The number of amides is 1. The Morgan fingerprint density at radius 1 is 1.00 bits per heavy atom. The second kappa shape index (κ2) is 9.06. The molecule has 1 unspecified atom stereocenters. The Balaban J connectivity index is 1.31. The zero-order valence-corrected chi connectivity index (χ0v) is 19.6. The molecule has 1 atom stereocenters. The number of aromatic nitrogens is 1. The van der Waals surface area contributed by atoms with E-state index in [-0.39, 0.29) is 11.7 Å². The highest BCUT2D eigenvalue weighted by Crippen LogP contribution is 2.37. The number of nitrogens with one attached hydrogen (secondary N) is 1. The van der Waals surface area contributed by atoms with E-state index in [0.29, 0.717) is 35.3 Å². The highest BCUT2D eigenvalue weighted by molar-refractivity contribution is 5.97. The maximum atomic E-state index is 15.0. The first-order valence-electron chi connectivity index (χ1n) is 12.4. The van der Waals surface area contributed by atoms with Crippen molar-refractivity contribution >= 4 is 11.7 Å². The van der Waals surface area contributed by atoms with Gasteiger partial charge in [-0.3, -0.25) is 9.69 Å². The summed E-state index contributed by atoms with van der Waals surface area (Å²) in [6.45, 7) is 3.33. The fraction of sp³-hybridized carbons (Fsp3) is 0.357. The molecule has 0 saturated carbocycles. The van der Waals surface area contributed by atoms with Crippen LogP contribution in [0.15, 0.2) is 48.5 Å². The topological polar surface area (TPSA) is 80.5 Å². The standard InChI is InChI=1S/C28H29FN4O2/c29-26-23(14-24(27(30)32-26)19-8-9-22-20(13-19)10-11-31-28(22)34)17-4-6-18(7-5-17)25-3-1-2-12-33(25)21-15-35-16-21/h4-9,13-14,21,25H,1-3,10-12,15-16H2,(H2,30,32)(H,31,34). The molecule has 2 aromatic carbocycles. The average molecular weight is 473 g/mol. The number of fused-ring (bicyclic) bond motifs is 1. The minimum absolute atomic E-state index is 0.0647. The molecule has 3 N–H and O–H groups in total. The number of anilines is 1. The van der Waals surface area contributed by atoms with Gasteiger partial charge in [0.05, 0.1) is 19.3 Å². The number of carbonyl (C=O) groups excluding carboxylic acids is 1. The van der Waals surface area contributed by atoms with Crippen LogP contribution < -0.4 is 11.1 Å². The summed E-state index contributed by atoms with van der Waals surface area (Å²) in [4.78, 5) is 18.7. The van der Waals surface area contributed by atoms with Crippen LogP contribution in [-0.2, 0) is 11.2 Å². The van der Waals surface area contributed by atoms with Crippen LogP contribution in [0.1, 0.15) is 46.8 Å². The number of pyridine rings is 1. The van der Waals surface area contributed by atoms with Gasteiger partial charge in [-0.15, -0.1) is 0 Å². The third-order valence-electron chi connectivity index (χ3n) is 7.59. The number of nitrogen functional groups attached to an aromatic ring is 1. The number of likely N-dealkylation sites (tertiary alicyclic amines) is 1. The SMILES string of the molecule is Nc1nc(F)c(-c2ccc(C3CCCCN3C3COC3)cc2)cc1-c1ccc2c(c1)CCNC2=O. The van der Waals surface area contributed by atoms with Crippen LogP contribution in [0.3, 0.4) is 0 Å². The van der Waals surface area contributed by atoms with E-state index >= 15 is 0 Å². The number of ether oxygens (including phenoxy) is 1. The lowest BCUT2D eigenvalue weighted by molar-refractivity contribution is -0.0880. The summed E-state index contributed by atoms with van der Waals surface area (Å²) in [6.07, 6.45) is 4.33. The summed E-state index contributed by atoms with van der Waals surface area (Å²) >= 11 is 0. The second-order valence-corrected chi connectivity index (χ2v) is 9.70. The number of benzene rings is 2. The van der Waals surface area contributed by atoms with Crippen LogP contribution in [0.4, 0.5) is 10.2 Å². The first-order chi connectivity index (χ1) is 17.1. The van der Waals surface area contributed by atoms with Gasteiger partial charge in [0, 0.05) is 29.3 Å². The summed E-state index contributed by atoms with van der Waals surface area (Å²) in [5.41, 5.74) is 11.7. The number of halogens is 1. The number of nitrogens with zero attached hydrogens (tertiary/aromatic N) is 2. The van der Waals surface area contributed by atoms with Gasteiger partial charge in [0.15, 0.2) is 0 Å². The summed E-state index contributed by atoms with van der Waals surface area (Å²) < 4.78 is 20.4. The second-order valence-electron chi connectivity index (χ2n) is 9.70. The summed E-state index contributed by atoms with van der Waals surface area (Å²) in [7, 11) is 0. The third kappa shape index (κ3) is 4.09. The molecule has 0 bridgehead atoms. The Morgan fingerprint density at radius 2 is 1.80 bits per heavy atom. The Kier molecular flexibility index (Phi) is 5.74. The number of rotatable bonds is 4. The van der Waals surface area contributed by atoms with Crippen LogP contribution in [-0.4, -0.2) is 48.1 Å². The number of hydrogen-bond acceptors (Lipinski definition) is 5. The van der Waals surface area contributed by atoms with E-state index in [1.54, 1.807) is 12.1 Å². The first kappa shape index (κ1) is 22.2. The van der Waals surface area contributed by atoms with Gasteiger partial charge in [0.2, 0.25) is 5.95 Å². The molecule has 3 aliphatic heterocycles. The number of carbonyl (C=O) groups is 1. The molecule has 6 rings (SSSR count). The maximum absolute atomic E-state index is 15.0. The maximum Gasteiger partial charge on any atom is 0.251 e. The van der Waals surface area contributed by atoms with E-state index in [0.717, 1.165) is 49.3 Å². The van der Waals surface area contributed by atoms with Crippen molar-refractivity contribution in [2.75, 3.05) is 32.0 Å². The molecule has 6 nitrogen and oxygen atoms in total. The summed E-state index contributed by atoms with van der Waals surface area (Å²) in [5, 5.41) is 2.86. The van der Waals surface area contributed by atoms with E-state index in [2.05, 4.69) is 27.3 Å². The van der Waals surface area contributed by atoms with Gasteiger partial charge in [-0.2, -0.15) is 4.39 Å². The van der Waals surface area contributed by atoms with Gasteiger partial charge in [-0.1, -0.05) is 42.8 Å². The molecule has 0 aliphatic carbocycles. The van der Waals surface area contributed by atoms with Gasteiger partial charge in [-0.25, -0.2) is 4.98 Å². The molecule has 2 saturated heterocycles. The molecule has 3 aromatic rings. The molecule has 2 fully saturated rings. The molecular weight excluding hydrogens is 443 g/mol. The van der Waals surface area contributed by atoms with Gasteiger partial charge in [0.25, 0.3) is 5.91 Å². The number of nitrogens with two attached hydrogens (primary N) is 1. The van der Waals surface area contributed by atoms with Crippen molar-refractivity contribution in [3.63, 3.8) is 0 Å². The molecule has 4 heterocycles. The zero-order chi connectivity index (χ0) is 23.9. The Bertz CT molecular complexity index is 1270. The highest BCUT2D eigenvalue weighted by Gasteiger charge is 2.33. The van der Waals surface area contributed by atoms with E-state index in [1.165, 1.54) is 18.4 Å². The van der Waals surface area contributed by atoms with Crippen molar-refractivity contribution in [2.24, 2.45) is 0 Å². The monoisotopic (exact) mass is 472 g/mol. The molecule has 0 radical (unpaired) electrons. The van der Waals surface area contributed by atoms with Crippen molar-refractivity contribution < 1.29 is 13.9 Å². The lowest BCUT2D eigenvalue weighted by Gasteiger charge is -2.45. The first-order valence-corrected chi connectivity index (χ1v) is 12.4. The van der Waals surface area contributed by atoms with E-state index in [1.807, 2.05) is 24.3 Å². The van der Waals surface area contributed by atoms with Crippen LogP contribution in [0.5, 0.6) is 0 Å². The van der Waals surface area contributed by atoms with Crippen molar-refractivity contribution in [2.45, 2.75) is 37.8 Å². The molecule has 35 heavy (non-hydrogen) atoms. The van der Waals surface area contributed by atoms with Crippen LogP contribution in [0.2, 0.25) is 0 Å². The van der Waals surface area contributed by atoms with Crippen molar-refractivity contribution in [1.29, 1.82) is 0 Å². The highest BCUT2D eigenvalue weighted by atomic mass is 19.1. The van der Waals surface area contributed by atoms with Gasteiger partial charge >= 0.3 is 0 Å². The largest absolute Gasteiger partial charge is 0.383 e. The van der Waals surface area contributed by atoms with E-state index < -0.39 is 5.95 Å². The normalized spacial score (nSPS) is 20.7.